The number of aryl methyl sites for hydroxylation is 1. The second-order valence-electron chi connectivity index (χ2n) is 3.92. The van der Waals surface area contributed by atoms with Crippen molar-refractivity contribution in [3.8, 4) is 11.1 Å². The zero-order valence-corrected chi connectivity index (χ0v) is 19.1. The van der Waals surface area contributed by atoms with Crippen LogP contribution >= 0.6 is 0 Å². The fraction of sp³-hybridized carbons (Fsp3) is 0.458. The number of rotatable bonds is 1. The Bertz CT molecular complexity index is 631. The van der Waals surface area contributed by atoms with Crippen LogP contribution in [0.15, 0.2) is 48.5 Å². The molecule has 0 bridgehead atoms. The van der Waals surface area contributed by atoms with Gasteiger partial charge in [-0.2, -0.15) is 0 Å². The van der Waals surface area contributed by atoms with Gasteiger partial charge in [0.2, 0.25) is 0 Å². The highest BCUT2D eigenvalue weighted by atomic mass is 14.9. The molecule has 26 heavy (non-hydrogen) atoms. The lowest BCUT2D eigenvalue weighted by atomic mass is 10.1. The van der Waals surface area contributed by atoms with Crippen LogP contribution in [0.25, 0.3) is 22.2 Å². The number of hydrogen-bond donors (Lipinski definition) is 1. The number of fused-ring (bicyclic) bond motifs is 1. The normalized spacial score (nSPS) is 7.81. The Labute approximate surface area is 164 Å². The van der Waals surface area contributed by atoms with Gasteiger partial charge in [0.25, 0.3) is 0 Å². The molecule has 1 aromatic heterocycles. The Balaban J connectivity index is -0.000000211. The van der Waals surface area contributed by atoms with Crippen molar-refractivity contribution in [1.29, 1.82) is 0 Å². The third-order valence-corrected chi connectivity index (χ3v) is 2.71. The van der Waals surface area contributed by atoms with Crippen LogP contribution in [0.4, 0.5) is 0 Å². The largest absolute Gasteiger partial charge is 0.342 e. The van der Waals surface area contributed by atoms with Gasteiger partial charge in [0.1, 0.15) is 5.82 Å². The summed E-state index contributed by atoms with van der Waals surface area (Å²) < 4.78 is 0. The number of H-pyrrole nitrogens is 1. The van der Waals surface area contributed by atoms with E-state index in [2.05, 4.69) is 52.4 Å². The first kappa shape index (κ1) is 28.7. The summed E-state index contributed by atoms with van der Waals surface area (Å²) in [5.74, 6) is 0.959. The predicted octanol–water partition coefficient (Wildman–Crippen LogP) is 8.92. The Morgan fingerprint density at radius 3 is 1.65 bits per heavy atom. The Hall–Kier alpha value is -2.09. The van der Waals surface area contributed by atoms with Crippen molar-refractivity contribution < 1.29 is 1.43 Å². The molecule has 2 nitrogen and oxygen atoms in total. The topological polar surface area (TPSA) is 28.7 Å². The SMILES string of the molecule is CC.CC.CC.CC.CC.Cc1nc2ccc(-c3ccccc3)cc2[nH]1.[HH]. The highest BCUT2D eigenvalue weighted by Gasteiger charge is 2.01. The van der Waals surface area contributed by atoms with E-state index in [0.717, 1.165) is 16.9 Å². The maximum absolute atomic E-state index is 4.39. The average molecular weight is 361 g/mol. The molecule has 3 rings (SSSR count). The number of aromatic amines is 1. The van der Waals surface area contributed by atoms with Gasteiger partial charge in [0.05, 0.1) is 11.0 Å². The monoisotopic (exact) mass is 360 g/mol. The van der Waals surface area contributed by atoms with Gasteiger partial charge >= 0.3 is 0 Å². The lowest BCUT2D eigenvalue weighted by Gasteiger charge is -2.00. The van der Waals surface area contributed by atoms with Gasteiger partial charge in [-0.25, -0.2) is 4.98 Å². The molecule has 0 spiro atoms. The second-order valence-corrected chi connectivity index (χ2v) is 3.92. The maximum Gasteiger partial charge on any atom is 0.104 e. The Kier molecular flexibility index (Phi) is 23.1. The molecule has 0 fully saturated rings. The summed E-state index contributed by atoms with van der Waals surface area (Å²) in [6.45, 7) is 22.0. The molecule has 0 saturated heterocycles. The minimum absolute atomic E-state index is 0. The lowest BCUT2D eigenvalue weighted by molar-refractivity contribution is 1.17. The molecule has 0 aliphatic heterocycles. The molecule has 3 aromatic rings. The van der Waals surface area contributed by atoms with Gasteiger partial charge in [0, 0.05) is 1.43 Å². The van der Waals surface area contributed by atoms with Gasteiger partial charge in [-0.15, -0.1) is 0 Å². The molecule has 0 radical (unpaired) electrons. The van der Waals surface area contributed by atoms with E-state index in [4.69, 9.17) is 0 Å². The maximum atomic E-state index is 4.39. The third kappa shape index (κ3) is 10.0. The summed E-state index contributed by atoms with van der Waals surface area (Å²) in [4.78, 5) is 7.65. The van der Waals surface area contributed by atoms with E-state index < -0.39 is 0 Å². The van der Waals surface area contributed by atoms with Crippen molar-refractivity contribution in [2.75, 3.05) is 0 Å². The van der Waals surface area contributed by atoms with Gasteiger partial charge in [-0.3, -0.25) is 0 Å². The zero-order chi connectivity index (χ0) is 21.0. The van der Waals surface area contributed by atoms with Gasteiger partial charge < -0.3 is 4.98 Å². The molecule has 0 saturated carbocycles. The summed E-state index contributed by atoms with van der Waals surface area (Å²) >= 11 is 0. The highest BCUT2D eigenvalue weighted by molar-refractivity contribution is 5.81. The van der Waals surface area contributed by atoms with Gasteiger partial charge in [-0.1, -0.05) is 106 Å². The first-order valence-corrected chi connectivity index (χ1v) is 10.3. The molecule has 2 heteroatoms. The van der Waals surface area contributed by atoms with E-state index in [1.165, 1.54) is 11.1 Å². The molecule has 0 atom stereocenters. The van der Waals surface area contributed by atoms with Crippen molar-refractivity contribution in [2.45, 2.75) is 76.2 Å². The minimum atomic E-state index is 0. The number of nitrogens with one attached hydrogen (secondary N) is 1. The van der Waals surface area contributed by atoms with E-state index in [9.17, 15) is 0 Å². The summed E-state index contributed by atoms with van der Waals surface area (Å²) in [5, 5.41) is 0. The van der Waals surface area contributed by atoms with Crippen LogP contribution in [-0.4, -0.2) is 9.97 Å². The molecule has 2 aromatic carbocycles. The van der Waals surface area contributed by atoms with Crippen LogP contribution in [-0.2, 0) is 0 Å². The average Bonchev–Trinajstić information content (AvgIpc) is 3.15. The van der Waals surface area contributed by atoms with Crippen LogP contribution in [0, 0.1) is 6.92 Å². The number of aromatic nitrogens is 2. The molecular formula is C24H44N2. The van der Waals surface area contributed by atoms with Crippen LogP contribution in [0.3, 0.4) is 0 Å². The quantitative estimate of drug-likeness (QED) is 0.461. The fourth-order valence-corrected chi connectivity index (χ4v) is 1.95. The van der Waals surface area contributed by atoms with Crippen LogP contribution in [0.2, 0.25) is 0 Å². The zero-order valence-electron chi connectivity index (χ0n) is 19.1. The molecule has 0 amide bonds. The third-order valence-electron chi connectivity index (χ3n) is 2.71. The molecule has 0 aliphatic carbocycles. The lowest BCUT2D eigenvalue weighted by Crippen LogP contribution is -1.77. The van der Waals surface area contributed by atoms with E-state index in [1.54, 1.807) is 0 Å². The van der Waals surface area contributed by atoms with Gasteiger partial charge in [0.15, 0.2) is 0 Å². The second kappa shape index (κ2) is 21.0. The van der Waals surface area contributed by atoms with Crippen molar-refractivity contribution >= 4 is 11.0 Å². The summed E-state index contributed by atoms with van der Waals surface area (Å²) in [6.07, 6.45) is 0. The van der Waals surface area contributed by atoms with E-state index in [1.807, 2.05) is 82.2 Å². The first-order chi connectivity index (χ1) is 12.8. The molecule has 0 unspecified atom stereocenters. The molecular weight excluding hydrogens is 316 g/mol. The van der Waals surface area contributed by atoms with Crippen molar-refractivity contribution in [1.82, 2.24) is 9.97 Å². The summed E-state index contributed by atoms with van der Waals surface area (Å²) in [6, 6.07) is 16.7. The predicted molar refractivity (Wildman–Crippen MR) is 125 cm³/mol. The Morgan fingerprint density at radius 1 is 0.654 bits per heavy atom. The van der Waals surface area contributed by atoms with Crippen molar-refractivity contribution in [3.63, 3.8) is 0 Å². The van der Waals surface area contributed by atoms with Crippen molar-refractivity contribution in [3.05, 3.63) is 54.4 Å². The number of benzene rings is 2. The van der Waals surface area contributed by atoms with E-state index >= 15 is 0 Å². The number of hydrogen-bond acceptors (Lipinski definition) is 1. The van der Waals surface area contributed by atoms with Crippen LogP contribution in [0.1, 0.15) is 76.5 Å². The standard InChI is InChI=1S/C14H12N2.5C2H6.H2/c1-10-15-13-8-7-12(9-14(13)16-10)11-5-3-2-4-6-11;5*1-2;/h2-9H,1H3,(H,15,16);5*1-2H3;1H. The van der Waals surface area contributed by atoms with Gasteiger partial charge in [-0.05, 0) is 30.2 Å². The molecule has 1 N–H and O–H groups in total. The summed E-state index contributed by atoms with van der Waals surface area (Å²) in [7, 11) is 0. The fourth-order valence-electron chi connectivity index (χ4n) is 1.95. The minimum Gasteiger partial charge on any atom is -0.342 e. The molecule has 1 heterocycles. The van der Waals surface area contributed by atoms with E-state index in [-0.39, 0.29) is 1.43 Å². The molecule has 0 aliphatic rings. The summed E-state index contributed by atoms with van der Waals surface area (Å²) in [5.41, 5.74) is 4.57. The van der Waals surface area contributed by atoms with Crippen LogP contribution < -0.4 is 0 Å². The first-order valence-electron chi connectivity index (χ1n) is 10.3. The van der Waals surface area contributed by atoms with Crippen molar-refractivity contribution in [2.24, 2.45) is 0 Å². The molecule has 150 valence electrons. The van der Waals surface area contributed by atoms with E-state index in [0.29, 0.717) is 0 Å². The smallest absolute Gasteiger partial charge is 0.104 e. The highest BCUT2D eigenvalue weighted by Crippen LogP contribution is 2.22. The Morgan fingerprint density at radius 2 is 1.15 bits per heavy atom. The van der Waals surface area contributed by atoms with Crippen LogP contribution in [0.5, 0.6) is 0 Å². The number of imidazole rings is 1. The number of nitrogens with zero attached hydrogens (tertiary/aromatic N) is 1.